The maximum absolute atomic E-state index is 12.0. The molecule has 1 N–H and O–H groups in total. The van der Waals surface area contributed by atoms with Crippen LogP contribution in [0.15, 0.2) is 30.3 Å². The van der Waals surface area contributed by atoms with Crippen molar-refractivity contribution in [2.45, 2.75) is 31.6 Å². The molecule has 3 aliphatic heterocycles. The van der Waals surface area contributed by atoms with Gasteiger partial charge < -0.3 is 9.84 Å². The Kier molecular flexibility index (Phi) is 3.53. The van der Waals surface area contributed by atoms with Crippen molar-refractivity contribution in [2.75, 3.05) is 13.1 Å². The molecule has 3 saturated heterocycles. The third-order valence-electron chi connectivity index (χ3n) is 4.18. The minimum absolute atomic E-state index is 0.140. The van der Waals surface area contributed by atoms with Gasteiger partial charge in [0.2, 0.25) is 0 Å². The second-order valence-corrected chi connectivity index (χ2v) is 5.42. The van der Waals surface area contributed by atoms with E-state index in [1.165, 1.54) is 12.8 Å². The molecule has 3 aliphatic rings. The lowest BCUT2D eigenvalue weighted by Crippen LogP contribution is -2.50. The Bertz CT molecular complexity index is 440. The van der Waals surface area contributed by atoms with Crippen LogP contribution < -0.4 is 0 Å². The highest BCUT2D eigenvalue weighted by Gasteiger charge is 2.36. The average molecular weight is 261 g/mol. The van der Waals surface area contributed by atoms with E-state index in [2.05, 4.69) is 4.90 Å². The van der Waals surface area contributed by atoms with Gasteiger partial charge in [0, 0.05) is 19.5 Å². The van der Waals surface area contributed by atoms with Gasteiger partial charge in [0.1, 0.15) is 0 Å². The van der Waals surface area contributed by atoms with Gasteiger partial charge in [-0.25, -0.2) is 4.79 Å². The number of ether oxygens (including phenoxy) is 1. The monoisotopic (exact) mass is 261 g/mol. The lowest BCUT2D eigenvalue weighted by atomic mass is 9.87. The van der Waals surface area contributed by atoms with Crippen molar-refractivity contribution >= 4 is 5.97 Å². The zero-order valence-corrected chi connectivity index (χ0v) is 10.9. The summed E-state index contributed by atoms with van der Waals surface area (Å²) < 4.78 is 5.48. The summed E-state index contributed by atoms with van der Waals surface area (Å²) in [6.45, 7) is 2.01. The van der Waals surface area contributed by atoms with Crippen molar-refractivity contribution < 1.29 is 14.6 Å². The van der Waals surface area contributed by atoms with E-state index in [1.54, 1.807) is 24.3 Å². The third-order valence-corrected chi connectivity index (χ3v) is 4.18. The van der Waals surface area contributed by atoms with E-state index in [0.717, 1.165) is 19.5 Å². The third kappa shape index (κ3) is 2.65. The standard InChI is InChI=1S/C15H19NO3/c17-14(12-4-2-1-3-5-12)15(18)19-13-10-11-6-8-16(13)9-7-11/h1-5,11,13-14,17H,6-10H2. The lowest BCUT2D eigenvalue weighted by Gasteiger charge is -2.44. The van der Waals surface area contributed by atoms with Crippen molar-refractivity contribution in [1.82, 2.24) is 4.90 Å². The molecule has 4 rings (SSSR count). The normalized spacial score (nSPS) is 30.9. The van der Waals surface area contributed by atoms with Crippen LogP contribution in [0.3, 0.4) is 0 Å². The molecule has 0 spiro atoms. The number of hydrogen-bond acceptors (Lipinski definition) is 4. The molecule has 19 heavy (non-hydrogen) atoms. The van der Waals surface area contributed by atoms with Crippen molar-refractivity contribution in [1.29, 1.82) is 0 Å². The highest BCUT2D eigenvalue weighted by molar-refractivity contribution is 5.76. The van der Waals surface area contributed by atoms with E-state index < -0.39 is 12.1 Å². The number of hydrogen-bond donors (Lipinski definition) is 1. The number of carbonyl (C=O) groups is 1. The number of piperidine rings is 3. The van der Waals surface area contributed by atoms with Gasteiger partial charge in [0.05, 0.1) is 0 Å². The summed E-state index contributed by atoms with van der Waals surface area (Å²) in [6.07, 6.45) is 2.00. The molecule has 0 saturated carbocycles. The highest BCUT2D eigenvalue weighted by Crippen LogP contribution is 2.32. The zero-order chi connectivity index (χ0) is 13.2. The SMILES string of the molecule is O=C(OC1CC2CCN1CC2)C(O)c1ccccc1. The van der Waals surface area contributed by atoms with Crippen molar-refractivity contribution in [3.63, 3.8) is 0 Å². The fraction of sp³-hybridized carbons (Fsp3) is 0.533. The molecule has 0 amide bonds. The number of carbonyl (C=O) groups excluding carboxylic acids is 1. The first-order valence-corrected chi connectivity index (χ1v) is 6.91. The number of benzene rings is 1. The summed E-state index contributed by atoms with van der Waals surface area (Å²) in [5.41, 5.74) is 0.587. The Morgan fingerprint density at radius 2 is 1.95 bits per heavy atom. The molecular weight excluding hydrogens is 242 g/mol. The minimum Gasteiger partial charge on any atom is -0.444 e. The Morgan fingerprint density at radius 1 is 1.26 bits per heavy atom. The zero-order valence-electron chi connectivity index (χ0n) is 10.9. The first-order valence-electron chi connectivity index (χ1n) is 6.91. The van der Waals surface area contributed by atoms with Gasteiger partial charge in [-0.2, -0.15) is 0 Å². The van der Waals surface area contributed by atoms with Gasteiger partial charge in [-0.3, -0.25) is 4.90 Å². The van der Waals surface area contributed by atoms with Gasteiger partial charge in [-0.15, -0.1) is 0 Å². The Balaban J connectivity index is 1.62. The molecule has 4 heteroatoms. The summed E-state index contributed by atoms with van der Waals surface area (Å²) >= 11 is 0. The topological polar surface area (TPSA) is 49.8 Å². The Hall–Kier alpha value is -1.39. The summed E-state index contributed by atoms with van der Waals surface area (Å²) in [4.78, 5) is 14.2. The van der Waals surface area contributed by atoms with Gasteiger partial charge in [0.15, 0.2) is 12.3 Å². The van der Waals surface area contributed by atoms with E-state index >= 15 is 0 Å². The molecule has 1 aromatic carbocycles. The van der Waals surface area contributed by atoms with Crippen LogP contribution in [0, 0.1) is 5.92 Å². The summed E-state index contributed by atoms with van der Waals surface area (Å²) in [5.74, 6) is 0.139. The smallest absolute Gasteiger partial charge is 0.341 e. The van der Waals surface area contributed by atoms with Crippen LogP contribution >= 0.6 is 0 Å². The van der Waals surface area contributed by atoms with Crippen LogP contribution in [0.4, 0.5) is 0 Å². The van der Waals surface area contributed by atoms with Crippen LogP contribution in [-0.4, -0.2) is 35.3 Å². The van der Waals surface area contributed by atoms with Crippen molar-refractivity contribution in [3.05, 3.63) is 35.9 Å². The molecule has 0 aromatic heterocycles. The van der Waals surface area contributed by atoms with Gasteiger partial charge in [-0.1, -0.05) is 30.3 Å². The van der Waals surface area contributed by atoms with E-state index in [0.29, 0.717) is 11.5 Å². The highest BCUT2D eigenvalue weighted by atomic mass is 16.6. The molecule has 102 valence electrons. The maximum Gasteiger partial charge on any atom is 0.341 e. The van der Waals surface area contributed by atoms with Crippen LogP contribution in [0.2, 0.25) is 0 Å². The predicted octanol–water partition coefficient (Wildman–Crippen LogP) is 1.70. The summed E-state index contributed by atoms with van der Waals surface area (Å²) in [5, 5.41) is 10.00. The number of aliphatic hydroxyl groups is 1. The second kappa shape index (κ2) is 5.31. The molecule has 0 aliphatic carbocycles. The molecule has 4 nitrogen and oxygen atoms in total. The molecule has 2 unspecified atom stereocenters. The Morgan fingerprint density at radius 3 is 2.53 bits per heavy atom. The molecular formula is C15H19NO3. The molecule has 1 aromatic rings. The largest absolute Gasteiger partial charge is 0.444 e. The fourth-order valence-corrected chi connectivity index (χ4v) is 3.00. The average Bonchev–Trinajstić information content (AvgIpc) is 2.48. The molecule has 3 heterocycles. The lowest BCUT2D eigenvalue weighted by molar-refractivity contribution is -0.180. The molecule has 2 bridgehead atoms. The van der Waals surface area contributed by atoms with Crippen LogP contribution in [0.5, 0.6) is 0 Å². The second-order valence-electron chi connectivity index (χ2n) is 5.42. The fourth-order valence-electron chi connectivity index (χ4n) is 3.00. The predicted molar refractivity (Wildman–Crippen MR) is 70.2 cm³/mol. The van der Waals surface area contributed by atoms with Crippen molar-refractivity contribution in [3.8, 4) is 0 Å². The molecule has 2 atom stereocenters. The van der Waals surface area contributed by atoms with E-state index in [4.69, 9.17) is 4.74 Å². The van der Waals surface area contributed by atoms with Gasteiger partial charge in [0.25, 0.3) is 0 Å². The number of aliphatic hydroxyl groups excluding tert-OH is 1. The van der Waals surface area contributed by atoms with E-state index in [9.17, 15) is 9.90 Å². The molecule has 3 fully saturated rings. The number of nitrogens with zero attached hydrogens (tertiary/aromatic N) is 1. The summed E-state index contributed by atoms with van der Waals surface area (Å²) in [7, 11) is 0. The molecule has 0 radical (unpaired) electrons. The summed E-state index contributed by atoms with van der Waals surface area (Å²) in [6, 6.07) is 8.93. The quantitative estimate of drug-likeness (QED) is 0.841. The maximum atomic E-state index is 12.0. The van der Waals surface area contributed by atoms with Crippen molar-refractivity contribution in [2.24, 2.45) is 5.92 Å². The number of rotatable bonds is 3. The van der Waals surface area contributed by atoms with Crippen LogP contribution in [0.1, 0.15) is 30.9 Å². The van der Waals surface area contributed by atoms with E-state index in [-0.39, 0.29) is 6.23 Å². The number of fused-ring (bicyclic) bond motifs is 3. The van der Waals surface area contributed by atoms with Crippen LogP contribution in [0.25, 0.3) is 0 Å². The Labute approximate surface area is 113 Å². The van der Waals surface area contributed by atoms with Crippen LogP contribution in [-0.2, 0) is 9.53 Å². The first kappa shape index (κ1) is 12.6. The first-order chi connectivity index (χ1) is 9.24. The van der Waals surface area contributed by atoms with Gasteiger partial charge in [-0.05, 0) is 24.3 Å². The minimum atomic E-state index is -1.18. The number of esters is 1. The van der Waals surface area contributed by atoms with Gasteiger partial charge >= 0.3 is 5.97 Å². The van der Waals surface area contributed by atoms with E-state index in [1.807, 2.05) is 6.07 Å².